The van der Waals surface area contributed by atoms with E-state index in [1.165, 1.54) is 12.1 Å². The Morgan fingerprint density at radius 1 is 1.12 bits per heavy atom. The fraction of sp³-hybridized carbons (Fsp3) is 0.105. The minimum atomic E-state index is -0.467. The summed E-state index contributed by atoms with van der Waals surface area (Å²) >= 11 is 0. The first-order chi connectivity index (χ1) is 12.7. The summed E-state index contributed by atoms with van der Waals surface area (Å²) in [7, 11) is 0. The molecule has 0 spiro atoms. The van der Waals surface area contributed by atoms with Crippen molar-refractivity contribution in [2.24, 2.45) is 0 Å². The molecule has 0 aliphatic carbocycles. The summed E-state index contributed by atoms with van der Waals surface area (Å²) < 4.78 is 14.1. The predicted molar refractivity (Wildman–Crippen MR) is 95.6 cm³/mol. The van der Waals surface area contributed by atoms with E-state index in [9.17, 15) is 9.18 Å². The lowest BCUT2D eigenvalue weighted by Gasteiger charge is -2.33. The maximum Gasteiger partial charge on any atom is 0.272 e. The highest BCUT2D eigenvalue weighted by Gasteiger charge is 2.36. The minimum absolute atomic E-state index is 0.210. The van der Waals surface area contributed by atoms with Gasteiger partial charge in [0.1, 0.15) is 11.6 Å². The molecule has 0 saturated heterocycles. The van der Waals surface area contributed by atoms with Gasteiger partial charge in [0.05, 0.1) is 23.0 Å². The van der Waals surface area contributed by atoms with Gasteiger partial charge >= 0.3 is 0 Å². The molecule has 26 heavy (non-hydrogen) atoms. The lowest BCUT2D eigenvalue weighted by Crippen LogP contribution is -2.28. The molecule has 0 amide bonds. The molecule has 2 atom stereocenters. The van der Waals surface area contributed by atoms with Crippen LogP contribution in [0.4, 0.5) is 10.1 Å². The SMILES string of the molecule is O=c1[nH]nc2c3c(cc(F)cc13)NC(c1ccccc1)C2c1ncc[nH]1. The molecule has 2 aromatic carbocycles. The van der Waals surface area contributed by atoms with E-state index in [4.69, 9.17) is 0 Å². The number of anilines is 1. The number of rotatable bonds is 2. The smallest absolute Gasteiger partial charge is 0.272 e. The van der Waals surface area contributed by atoms with Crippen LogP contribution in [0.2, 0.25) is 0 Å². The zero-order valence-corrected chi connectivity index (χ0v) is 13.5. The maximum atomic E-state index is 14.1. The number of aromatic nitrogens is 4. The van der Waals surface area contributed by atoms with Crippen molar-refractivity contribution in [1.82, 2.24) is 20.2 Å². The molecule has 3 N–H and O–H groups in total. The first-order valence-electron chi connectivity index (χ1n) is 8.25. The van der Waals surface area contributed by atoms with Gasteiger partial charge in [-0.25, -0.2) is 14.5 Å². The van der Waals surface area contributed by atoms with Crippen molar-refractivity contribution >= 4 is 16.5 Å². The number of hydrogen-bond donors (Lipinski definition) is 3. The minimum Gasteiger partial charge on any atom is -0.376 e. The number of imidazole rings is 1. The number of hydrogen-bond acceptors (Lipinski definition) is 4. The van der Waals surface area contributed by atoms with Gasteiger partial charge in [-0.1, -0.05) is 30.3 Å². The van der Waals surface area contributed by atoms with E-state index in [1.807, 2.05) is 30.3 Å². The number of halogens is 1. The van der Waals surface area contributed by atoms with E-state index >= 15 is 0 Å². The van der Waals surface area contributed by atoms with Gasteiger partial charge in [0.2, 0.25) is 0 Å². The Bertz CT molecular complexity index is 1150. The first-order valence-corrected chi connectivity index (χ1v) is 8.25. The van der Waals surface area contributed by atoms with Crippen LogP contribution in [0.15, 0.2) is 59.7 Å². The molecule has 1 aliphatic rings. The van der Waals surface area contributed by atoms with Gasteiger partial charge < -0.3 is 10.3 Å². The Kier molecular flexibility index (Phi) is 3.15. The monoisotopic (exact) mass is 347 g/mol. The highest BCUT2D eigenvalue weighted by Crippen LogP contribution is 2.45. The molecule has 0 saturated carbocycles. The molecule has 3 heterocycles. The summed E-state index contributed by atoms with van der Waals surface area (Å²) in [5, 5.41) is 11.1. The van der Waals surface area contributed by atoms with Gasteiger partial charge in [-0.2, -0.15) is 5.10 Å². The molecule has 2 aromatic heterocycles. The number of benzene rings is 2. The van der Waals surface area contributed by atoms with Crippen LogP contribution in [-0.2, 0) is 0 Å². The van der Waals surface area contributed by atoms with Crippen molar-refractivity contribution in [2.45, 2.75) is 12.0 Å². The quantitative estimate of drug-likeness (QED) is 0.520. The lowest BCUT2D eigenvalue weighted by atomic mass is 9.84. The average Bonchev–Trinajstić information content (AvgIpc) is 3.18. The van der Waals surface area contributed by atoms with E-state index in [2.05, 4.69) is 25.5 Å². The second-order valence-corrected chi connectivity index (χ2v) is 6.30. The Morgan fingerprint density at radius 3 is 2.73 bits per heavy atom. The van der Waals surface area contributed by atoms with Crippen LogP contribution in [0, 0.1) is 5.82 Å². The van der Waals surface area contributed by atoms with E-state index in [1.54, 1.807) is 12.4 Å². The van der Waals surface area contributed by atoms with Gasteiger partial charge in [-0.3, -0.25) is 4.79 Å². The van der Waals surface area contributed by atoms with Gasteiger partial charge in [0.15, 0.2) is 0 Å². The van der Waals surface area contributed by atoms with E-state index in [0.717, 1.165) is 11.4 Å². The van der Waals surface area contributed by atoms with Crippen molar-refractivity contribution in [3.05, 3.63) is 88.1 Å². The molecule has 4 aromatic rings. The van der Waals surface area contributed by atoms with Crippen LogP contribution in [0.1, 0.15) is 29.0 Å². The highest BCUT2D eigenvalue weighted by molar-refractivity contribution is 5.97. The van der Waals surface area contributed by atoms with Gasteiger partial charge in [-0.15, -0.1) is 0 Å². The van der Waals surface area contributed by atoms with Gasteiger partial charge in [0.25, 0.3) is 5.56 Å². The normalized spacial score (nSPS) is 18.7. The Morgan fingerprint density at radius 2 is 1.96 bits per heavy atom. The van der Waals surface area contributed by atoms with Crippen molar-refractivity contribution in [1.29, 1.82) is 0 Å². The zero-order chi connectivity index (χ0) is 17.7. The molecule has 6 nitrogen and oxygen atoms in total. The lowest BCUT2D eigenvalue weighted by molar-refractivity contribution is 0.604. The van der Waals surface area contributed by atoms with Crippen molar-refractivity contribution in [3.63, 3.8) is 0 Å². The third kappa shape index (κ3) is 2.13. The second kappa shape index (κ2) is 5.52. The molecular formula is C19H14FN5O. The number of H-pyrrole nitrogens is 2. The average molecular weight is 347 g/mol. The van der Waals surface area contributed by atoms with Crippen LogP contribution in [0.25, 0.3) is 10.8 Å². The van der Waals surface area contributed by atoms with Gasteiger partial charge in [0, 0.05) is 23.5 Å². The van der Waals surface area contributed by atoms with Gasteiger partial charge in [-0.05, 0) is 17.7 Å². The standard InChI is InChI=1S/C19H14FN5O/c20-11-8-12-14-13(9-11)23-16(10-4-2-1-3-5-10)15(18-21-6-7-22-18)17(14)24-25-19(12)26/h1-9,15-16,23H,(H,21,22)(H,25,26). The van der Waals surface area contributed by atoms with Crippen LogP contribution in [0.3, 0.4) is 0 Å². The number of nitrogens with zero attached hydrogens (tertiary/aromatic N) is 2. The molecule has 0 bridgehead atoms. The van der Waals surface area contributed by atoms with Crippen LogP contribution < -0.4 is 10.9 Å². The topological polar surface area (TPSA) is 86.5 Å². The molecule has 1 aliphatic heterocycles. The van der Waals surface area contributed by atoms with E-state index in [0.29, 0.717) is 16.8 Å². The van der Waals surface area contributed by atoms with Crippen LogP contribution in [0.5, 0.6) is 0 Å². The number of nitrogens with one attached hydrogen (secondary N) is 3. The van der Waals surface area contributed by atoms with E-state index < -0.39 is 11.4 Å². The van der Waals surface area contributed by atoms with Crippen molar-refractivity contribution < 1.29 is 4.39 Å². The molecule has 128 valence electrons. The van der Waals surface area contributed by atoms with Crippen molar-refractivity contribution in [2.75, 3.05) is 5.32 Å². The molecule has 7 heteroatoms. The summed E-state index contributed by atoms with van der Waals surface area (Å²) in [6.45, 7) is 0. The van der Waals surface area contributed by atoms with Crippen LogP contribution >= 0.6 is 0 Å². The Hall–Kier alpha value is -3.48. The van der Waals surface area contributed by atoms with Crippen molar-refractivity contribution in [3.8, 4) is 0 Å². The Balaban J connectivity index is 1.83. The summed E-state index contributed by atoms with van der Waals surface area (Å²) in [5.41, 5.74) is 1.83. The third-order valence-electron chi connectivity index (χ3n) is 4.79. The number of aromatic amines is 2. The van der Waals surface area contributed by atoms with Crippen LogP contribution in [-0.4, -0.2) is 20.2 Å². The fourth-order valence-electron chi connectivity index (χ4n) is 3.71. The summed E-state index contributed by atoms with van der Waals surface area (Å²) in [6, 6.07) is 12.3. The predicted octanol–water partition coefficient (Wildman–Crippen LogP) is 3.08. The maximum absolute atomic E-state index is 14.1. The first kappa shape index (κ1) is 14.8. The van der Waals surface area contributed by atoms with E-state index in [-0.39, 0.29) is 17.3 Å². The summed E-state index contributed by atoms with van der Waals surface area (Å²) in [5.74, 6) is -0.00204. The highest BCUT2D eigenvalue weighted by atomic mass is 19.1. The molecule has 2 unspecified atom stereocenters. The molecule has 5 rings (SSSR count). The largest absolute Gasteiger partial charge is 0.376 e. The summed E-state index contributed by atoms with van der Waals surface area (Å²) in [6.07, 6.45) is 3.43. The third-order valence-corrected chi connectivity index (χ3v) is 4.79. The summed E-state index contributed by atoms with van der Waals surface area (Å²) in [4.78, 5) is 19.7. The molecule has 0 radical (unpaired) electrons. The molecule has 0 fully saturated rings. The zero-order valence-electron chi connectivity index (χ0n) is 13.5. The molecular weight excluding hydrogens is 333 g/mol. The Labute approximate surface area is 147 Å². The fourth-order valence-corrected chi connectivity index (χ4v) is 3.71. The second-order valence-electron chi connectivity index (χ2n) is 6.30.